The first-order valence-electron chi connectivity index (χ1n) is 5.75. The highest BCUT2D eigenvalue weighted by Gasteiger charge is 2.30. The van der Waals surface area contributed by atoms with Gasteiger partial charge in [-0.25, -0.2) is 4.39 Å². The van der Waals surface area contributed by atoms with Gasteiger partial charge in [-0.15, -0.1) is 0 Å². The van der Waals surface area contributed by atoms with Gasteiger partial charge in [0.2, 0.25) is 5.91 Å². The zero-order valence-corrected chi connectivity index (χ0v) is 12.4. The summed E-state index contributed by atoms with van der Waals surface area (Å²) in [5, 5.41) is 10.7. The summed E-state index contributed by atoms with van der Waals surface area (Å²) in [6.45, 7) is 0. The molecule has 122 valence electrons. The molecule has 0 spiro atoms. The molecule has 0 aliphatic carbocycles. The summed E-state index contributed by atoms with van der Waals surface area (Å²) in [5.41, 5.74) is -4.49. The van der Waals surface area contributed by atoms with Crippen molar-refractivity contribution in [3.05, 3.63) is 34.6 Å². The van der Waals surface area contributed by atoms with Gasteiger partial charge in [0.1, 0.15) is 5.82 Å². The largest absolute Gasteiger partial charge is 0.481 e. The molecule has 22 heavy (non-hydrogen) atoms. The first-order chi connectivity index (χ1) is 10.1. The molecule has 2 N–H and O–H groups in total. The summed E-state index contributed by atoms with van der Waals surface area (Å²) in [6.07, 6.45) is -0.608. The van der Waals surface area contributed by atoms with Crippen molar-refractivity contribution in [2.24, 2.45) is 0 Å². The van der Waals surface area contributed by atoms with E-state index in [9.17, 15) is 27.2 Å². The van der Waals surface area contributed by atoms with Gasteiger partial charge in [0.15, 0.2) is 0 Å². The fraction of sp³-hybridized carbons (Fsp3) is 0.333. The molecule has 1 rings (SSSR count). The third-order valence-corrected chi connectivity index (χ3v) is 3.47. The quantitative estimate of drug-likeness (QED) is 0.764. The molecule has 0 radical (unpaired) electrons. The maximum absolute atomic E-state index is 13.4. The van der Waals surface area contributed by atoms with Gasteiger partial charge in [0.05, 0.1) is 23.2 Å². The molecule has 0 saturated carbocycles. The molecule has 0 saturated heterocycles. The Morgan fingerprint density at radius 1 is 1.36 bits per heavy atom. The molecular formula is C12H10ClF4NO3S. The Hall–Kier alpha value is -1.48. The molecular weight excluding hydrogens is 350 g/mol. The Kier molecular flexibility index (Phi) is 6.48. The second kappa shape index (κ2) is 7.68. The third kappa shape index (κ3) is 6.52. The molecule has 1 amide bonds. The summed E-state index contributed by atoms with van der Waals surface area (Å²) in [7, 11) is 0. The number of hydrogen-bond donors (Lipinski definition) is 2. The van der Waals surface area contributed by atoms with Crippen LogP contribution in [0.15, 0.2) is 18.2 Å². The monoisotopic (exact) mass is 359 g/mol. The van der Waals surface area contributed by atoms with Gasteiger partial charge in [0, 0.05) is 0 Å². The van der Waals surface area contributed by atoms with Crippen LogP contribution in [0.2, 0.25) is 5.02 Å². The first kappa shape index (κ1) is 18.6. The van der Waals surface area contributed by atoms with Gasteiger partial charge in [-0.3, -0.25) is 9.59 Å². The number of nitrogens with one attached hydrogen (secondary N) is 1. The van der Waals surface area contributed by atoms with Crippen molar-refractivity contribution in [2.45, 2.75) is 18.0 Å². The van der Waals surface area contributed by atoms with Gasteiger partial charge in [-0.1, -0.05) is 17.7 Å². The smallest absolute Gasteiger partial charge is 0.442 e. The van der Waals surface area contributed by atoms with Crippen LogP contribution in [0.4, 0.5) is 17.6 Å². The number of benzene rings is 1. The van der Waals surface area contributed by atoms with Crippen LogP contribution in [-0.4, -0.2) is 28.2 Å². The standard InChI is InChI=1S/C12H10ClF4NO3S/c13-7-2-1-6(3-8(7)14)9(4-11(20)21)18-10(19)5-22-12(15,16)17/h1-3,9H,4-5H2,(H,18,19)(H,20,21). The fourth-order valence-electron chi connectivity index (χ4n) is 1.54. The minimum atomic E-state index is -4.58. The second-order valence-corrected chi connectivity index (χ2v) is 5.57. The Labute approximate surface area is 131 Å². The van der Waals surface area contributed by atoms with E-state index in [1.54, 1.807) is 0 Å². The van der Waals surface area contributed by atoms with Crippen molar-refractivity contribution in [2.75, 3.05) is 5.75 Å². The van der Waals surface area contributed by atoms with Crippen molar-refractivity contribution < 1.29 is 32.3 Å². The van der Waals surface area contributed by atoms with E-state index >= 15 is 0 Å². The number of carbonyl (C=O) groups excluding carboxylic acids is 1. The summed E-state index contributed by atoms with van der Waals surface area (Å²) in [6, 6.07) is 2.21. The summed E-state index contributed by atoms with van der Waals surface area (Å²) >= 11 is 4.94. The molecule has 0 bridgehead atoms. The van der Waals surface area contributed by atoms with Crippen LogP contribution in [0.1, 0.15) is 18.0 Å². The summed E-state index contributed by atoms with van der Waals surface area (Å²) < 4.78 is 49.4. The van der Waals surface area contributed by atoms with Gasteiger partial charge >= 0.3 is 11.5 Å². The summed E-state index contributed by atoms with van der Waals surface area (Å²) in [5.74, 6) is -4.06. The number of amides is 1. The van der Waals surface area contributed by atoms with E-state index in [1.807, 2.05) is 0 Å². The van der Waals surface area contributed by atoms with Crippen molar-refractivity contribution in [1.82, 2.24) is 5.32 Å². The molecule has 0 aliphatic rings. The number of carboxylic acids is 1. The Bertz CT molecular complexity index is 568. The van der Waals surface area contributed by atoms with Crippen LogP contribution >= 0.6 is 23.4 Å². The molecule has 1 unspecified atom stereocenters. The first-order valence-corrected chi connectivity index (χ1v) is 7.11. The number of halogens is 5. The van der Waals surface area contributed by atoms with Crippen LogP contribution < -0.4 is 5.32 Å². The van der Waals surface area contributed by atoms with Crippen LogP contribution in [0.3, 0.4) is 0 Å². The van der Waals surface area contributed by atoms with Crippen LogP contribution in [0, 0.1) is 5.82 Å². The topological polar surface area (TPSA) is 66.4 Å². The number of thioether (sulfide) groups is 1. The lowest BCUT2D eigenvalue weighted by Crippen LogP contribution is -2.32. The number of aliphatic carboxylic acids is 1. The highest BCUT2D eigenvalue weighted by atomic mass is 35.5. The maximum atomic E-state index is 13.4. The minimum Gasteiger partial charge on any atom is -0.481 e. The predicted molar refractivity (Wildman–Crippen MR) is 73.1 cm³/mol. The van der Waals surface area contributed by atoms with E-state index in [0.717, 1.165) is 12.1 Å². The number of carboxylic acid groups (broad SMARTS) is 1. The average molecular weight is 360 g/mol. The van der Waals surface area contributed by atoms with Crippen LogP contribution in [-0.2, 0) is 9.59 Å². The number of carbonyl (C=O) groups is 2. The second-order valence-electron chi connectivity index (χ2n) is 4.13. The Balaban J connectivity index is 2.82. The highest BCUT2D eigenvalue weighted by molar-refractivity contribution is 8.00. The van der Waals surface area contributed by atoms with E-state index in [2.05, 4.69) is 5.32 Å². The molecule has 0 fully saturated rings. The predicted octanol–water partition coefficient (Wildman–Crippen LogP) is 3.36. The van der Waals surface area contributed by atoms with Crippen molar-refractivity contribution in [3.8, 4) is 0 Å². The van der Waals surface area contributed by atoms with E-state index in [0.29, 0.717) is 0 Å². The van der Waals surface area contributed by atoms with Crippen LogP contribution in [0.25, 0.3) is 0 Å². The molecule has 1 atom stereocenters. The summed E-state index contributed by atoms with van der Waals surface area (Å²) in [4.78, 5) is 22.2. The normalized spacial score (nSPS) is 12.8. The number of hydrogen-bond acceptors (Lipinski definition) is 3. The lowest BCUT2D eigenvalue weighted by atomic mass is 10.0. The molecule has 0 aromatic heterocycles. The molecule has 1 aromatic carbocycles. The Morgan fingerprint density at radius 3 is 2.50 bits per heavy atom. The third-order valence-electron chi connectivity index (χ3n) is 2.43. The Morgan fingerprint density at radius 2 is 2.00 bits per heavy atom. The van der Waals surface area contributed by atoms with Crippen molar-refractivity contribution in [1.29, 1.82) is 0 Å². The number of alkyl halides is 3. The minimum absolute atomic E-state index is 0.0923. The fourth-order valence-corrected chi connectivity index (χ4v) is 2.03. The molecule has 0 aliphatic heterocycles. The zero-order valence-electron chi connectivity index (χ0n) is 10.8. The molecule has 1 aromatic rings. The van der Waals surface area contributed by atoms with Crippen molar-refractivity contribution >= 4 is 35.2 Å². The van der Waals surface area contributed by atoms with Crippen molar-refractivity contribution in [3.63, 3.8) is 0 Å². The van der Waals surface area contributed by atoms with E-state index in [4.69, 9.17) is 16.7 Å². The van der Waals surface area contributed by atoms with E-state index in [-0.39, 0.29) is 10.6 Å². The van der Waals surface area contributed by atoms with Gasteiger partial charge in [-0.05, 0) is 29.5 Å². The zero-order chi connectivity index (χ0) is 16.9. The highest BCUT2D eigenvalue weighted by Crippen LogP contribution is 2.30. The molecule has 4 nitrogen and oxygen atoms in total. The van der Waals surface area contributed by atoms with Gasteiger partial charge < -0.3 is 10.4 Å². The lowest BCUT2D eigenvalue weighted by Gasteiger charge is -2.18. The van der Waals surface area contributed by atoms with E-state index < -0.39 is 53.2 Å². The molecule has 0 heterocycles. The maximum Gasteiger partial charge on any atom is 0.442 e. The lowest BCUT2D eigenvalue weighted by molar-refractivity contribution is -0.137. The van der Waals surface area contributed by atoms with Crippen LogP contribution in [0.5, 0.6) is 0 Å². The average Bonchev–Trinajstić information content (AvgIpc) is 2.37. The van der Waals surface area contributed by atoms with E-state index in [1.165, 1.54) is 6.07 Å². The number of rotatable bonds is 6. The molecule has 10 heteroatoms. The SMILES string of the molecule is O=C(O)CC(NC(=O)CSC(F)(F)F)c1ccc(Cl)c(F)c1. The van der Waals surface area contributed by atoms with Gasteiger partial charge in [0.25, 0.3) is 0 Å². The van der Waals surface area contributed by atoms with Gasteiger partial charge in [-0.2, -0.15) is 13.2 Å².